The standard InChI is InChI=1S/C10H12BF3NO.K/c12-11(13,14)9-5-10(7-15-6-9)16-4-3-8-1-2-8;/h5-8H,1-4H2;/q-1;+1. The fraction of sp³-hybridized carbons (Fsp3) is 0.500. The summed E-state index contributed by atoms with van der Waals surface area (Å²) >= 11 is 0. The second kappa shape index (κ2) is 6.56. The van der Waals surface area contributed by atoms with Gasteiger partial charge in [-0.25, -0.2) is 0 Å². The van der Waals surface area contributed by atoms with E-state index in [0.717, 1.165) is 18.7 Å². The van der Waals surface area contributed by atoms with Gasteiger partial charge in [-0.3, -0.25) is 4.98 Å². The zero-order chi connectivity index (χ0) is 11.6. The minimum Gasteiger partial charge on any atom is -0.492 e. The summed E-state index contributed by atoms with van der Waals surface area (Å²) in [7, 11) is 0. The topological polar surface area (TPSA) is 22.1 Å². The maximum Gasteiger partial charge on any atom is 1.00 e. The first-order valence-corrected chi connectivity index (χ1v) is 5.33. The van der Waals surface area contributed by atoms with Gasteiger partial charge in [0.15, 0.2) is 0 Å². The van der Waals surface area contributed by atoms with Crippen LogP contribution in [0.4, 0.5) is 12.9 Å². The normalized spacial score (nSPS) is 15.2. The van der Waals surface area contributed by atoms with Crippen LogP contribution in [-0.4, -0.2) is 18.6 Å². The Bertz CT molecular complexity index is 371. The Morgan fingerprint density at radius 1 is 1.29 bits per heavy atom. The third-order valence-electron chi connectivity index (χ3n) is 2.60. The monoisotopic (exact) mass is 269 g/mol. The molecule has 0 bridgehead atoms. The predicted octanol–water partition coefficient (Wildman–Crippen LogP) is -0.681. The maximum atomic E-state index is 12.4. The number of hydrogen-bond acceptors (Lipinski definition) is 2. The predicted molar refractivity (Wildman–Crippen MR) is 55.8 cm³/mol. The molecule has 1 fully saturated rings. The van der Waals surface area contributed by atoms with Crippen molar-refractivity contribution >= 4 is 12.4 Å². The number of nitrogens with zero attached hydrogens (tertiary/aromatic N) is 1. The Labute approximate surface area is 141 Å². The van der Waals surface area contributed by atoms with E-state index in [9.17, 15) is 12.9 Å². The van der Waals surface area contributed by atoms with Gasteiger partial charge in [0.25, 0.3) is 0 Å². The Balaban J connectivity index is 0.00000144. The van der Waals surface area contributed by atoms with Crippen molar-refractivity contribution in [3.8, 4) is 5.75 Å². The zero-order valence-electron chi connectivity index (χ0n) is 9.70. The summed E-state index contributed by atoms with van der Waals surface area (Å²) in [6.07, 6.45) is 5.49. The number of pyridine rings is 1. The Morgan fingerprint density at radius 3 is 2.59 bits per heavy atom. The molecule has 0 aromatic carbocycles. The van der Waals surface area contributed by atoms with Crippen molar-refractivity contribution < 1.29 is 69.1 Å². The zero-order valence-corrected chi connectivity index (χ0v) is 12.8. The van der Waals surface area contributed by atoms with Gasteiger partial charge in [-0.2, -0.15) is 0 Å². The van der Waals surface area contributed by atoms with Gasteiger partial charge >= 0.3 is 58.4 Å². The smallest absolute Gasteiger partial charge is 0.492 e. The molecule has 17 heavy (non-hydrogen) atoms. The third-order valence-corrected chi connectivity index (χ3v) is 2.60. The van der Waals surface area contributed by atoms with E-state index in [2.05, 4.69) is 4.98 Å². The molecular weight excluding hydrogens is 257 g/mol. The largest absolute Gasteiger partial charge is 1.00 e. The van der Waals surface area contributed by atoms with Crippen LogP contribution < -0.4 is 61.6 Å². The van der Waals surface area contributed by atoms with Crippen LogP contribution in [0.1, 0.15) is 19.3 Å². The molecule has 2 nitrogen and oxygen atoms in total. The molecule has 1 aromatic rings. The molecule has 0 spiro atoms. The number of hydrogen-bond donors (Lipinski definition) is 0. The van der Waals surface area contributed by atoms with Crippen LogP contribution in [0.2, 0.25) is 0 Å². The molecule has 0 saturated heterocycles. The fourth-order valence-corrected chi connectivity index (χ4v) is 1.44. The summed E-state index contributed by atoms with van der Waals surface area (Å²) in [6.45, 7) is -4.51. The molecule has 1 aliphatic rings. The van der Waals surface area contributed by atoms with Gasteiger partial charge in [0.1, 0.15) is 5.75 Å². The quantitative estimate of drug-likeness (QED) is 0.661. The van der Waals surface area contributed by atoms with Crippen molar-refractivity contribution in [3.63, 3.8) is 0 Å². The first kappa shape index (κ1) is 15.5. The molecule has 0 N–H and O–H groups in total. The molecule has 1 saturated carbocycles. The SMILES string of the molecule is F[B-](F)(F)c1cncc(OCCC2CC2)c1.[K+]. The molecule has 1 aromatic heterocycles. The summed E-state index contributed by atoms with van der Waals surface area (Å²) in [5, 5.41) is 0. The van der Waals surface area contributed by atoms with E-state index in [1.807, 2.05) is 0 Å². The van der Waals surface area contributed by atoms with Crippen LogP contribution in [0, 0.1) is 5.92 Å². The summed E-state index contributed by atoms with van der Waals surface area (Å²) in [4.78, 5) is 3.54. The van der Waals surface area contributed by atoms with Gasteiger partial charge in [0.05, 0.1) is 12.8 Å². The summed E-state index contributed by atoms with van der Waals surface area (Å²) in [5.74, 6) is 0.917. The molecule has 88 valence electrons. The molecule has 1 heterocycles. The molecule has 7 heteroatoms. The van der Waals surface area contributed by atoms with Gasteiger partial charge in [-0.15, -0.1) is 0 Å². The van der Waals surface area contributed by atoms with Crippen LogP contribution in [0.3, 0.4) is 0 Å². The first-order chi connectivity index (χ1) is 7.55. The van der Waals surface area contributed by atoms with Crippen molar-refractivity contribution in [2.24, 2.45) is 5.92 Å². The first-order valence-electron chi connectivity index (χ1n) is 5.33. The summed E-state index contributed by atoms with van der Waals surface area (Å²) in [6, 6.07) is 1.01. The maximum absolute atomic E-state index is 12.4. The van der Waals surface area contributed by atoms with Gasteiger partial charge in [-0.1, -0.05) is 18.3 Å². The number of ether oxygens (including phenoxy) is 1. The van der Waals surface area contributed by atoms with Crippen LogP contribution in [0.15, 0.2) is 18.5 Å². The van der Waals surface area contributed by atoms with E-state index in [0.29, 0.717) is 12.5 Å². The number of halogens is 3. The van der Waals surface area contributed by atoms with Crippen molar-refractivity contribution in [2.45, 2.75) is 19.3 Å². The molecule has 0 atom stereocenters. The van der Waals surface area contributed by atoms with Crippen LogP contribution in [0.5, 0.6) is 5.75 Å². The number of aromatic nitrogens is 1. The van der Waals surface area contributed by atoms with Crippen LogP contribution in [0.25, 0.3) is 0 Å². The summed E-state index contributed by atoms with van der Waals surface area (Å²) < 4.78 is 42.4. The average molecular weight is 269 g/mol. The molecule has 0 radical (unpaired) electrons. The van der Waals surface area contributed by atoms with Crippen molar-refractivity contribution in [1.82, 2.24) is 4.98 Å². The Morgan fingerprint density at radius 2 is 2.00 bits per heavy atom. The second-order valence-electron chi connectivity index (χ2n) is 4.11. The van der Waals surface area contributed by atoms with Gasteiger partial charge in [-0.05, 0) is 18.4 Å². The van der Waals surface area contributed by atoms with Crippen LogP contribution >= 0.6 is 0 Å². The average Bonchev–Trinajstić information content (AvgIpc) is 3.01. The second-order valence-corrected chi connectivity index (χ2v) is 4.11. The van der Waals surface area contributed by atoms with Gasteiger partial charge in [0, 0.05) is 6.20 Å². The number of rotatable bonds is 5. The van der Waals surface area contributed by atoms with Crippen molar-refractivity contribution in [2.75, 3.05) is 6.61 Å². The minimum absolute atomic E-state index is 0. The molecule has 2 rings (SSSR count). The Kier molecular flexibility index (Phi) is 5.98. The van der Waals surface area contributed by atoms with Crippen molar-refractivity contribution in [3.05, 3.63) is 18.5 Å². The van der Waals surface area contributed by atoms with E-state index >= 15 is 0 Å². The van der Waals surface area contributed by atoms with E-state index in [1.54, 1.807) is 0 Å². The van der Waals surface area contributed by atoms with Gasteiger partial charge in [0.2, 0.25) is 0 Å². The minimum atomic E-state index is -4.99. The summed E-state index contributed by atoms with van der Waals surface area (Å²) in [5.41, 5.74) is -0.705. The molecule has 1 aliphatic carbocycles. The molecule has 0 aliphatic heterocycles. The molecule has 0 unspecified atom stereocenters. The van der Waals surface area contributed by atoms with E-state index < -0.39 is 12.4 Å². The molecule has 0 amide bonds. The van der Waals surface area contributed by atoms with E-state index in [1.165, 1.54) is 19.0 Å². The van der Waals surface area contributed by atoms with Gasteiger partial charge < -0.3 is 17.7 Å². The molecular formula is C10H12BF3KNO. The third kappa shape index (κ3) is 5.30. The van der Waals surface area contributed by atoms with Crippen molar-refractivity contribution in [1.29, 1.82) is 0 Å². The van der Waals surface area contributed by atoms with E-state index in [4.69, 9.17) is 4.74 Å². The fourth-order valence-electron chi connectivity index (χ4n) is 1.44. The Hall–Kier alpha value is 0.441. The van der Waals surface area contributed by atoms with E-state index in [-0.39, 0.29) is 57.1 Å². The van der Waals surface area contributed by atoms with Crippen LogP contribution in [-0.2, 0) is 0 Å².